The van der Waals surface area contributed by atoms with Gasteiger partial charge in [-0.3, -0.25) is 14.4 Å². The largest absolute Gasteiger partial charge is 0.512 e. The number of allylic oxidation sites excluding steroid dienone is 6. The number of ketones is 3. The van der Waals surface area contributed by atoms with E-state index in [0.717, 1.165) is 0 Å². The fourth-order valence-electron chi connectivity index (χ4n) is 1.67. The molecule has 0 rings (SSSR count). The van der Waals surface area contributed by atoms with Gasteiger partial charge in [0.15, 0.2) is 17.3 Å². The van der Waals surface area contributed by atoms with Crippen molar-refractivity contribution in [2.75, 3.05) is 0 Å². The van der Waals surface area contributed by atoms with Crippen molar-refractivity contribution in [3.05, 3.63) is 35.5 Å². The molecule has 0 aliphatic rings. The molecule has 0 unspecified atom stereocenters. The summed E-state index contributed by atoms with van der Waals surface area (Å²) in [5.41, 5.74) is -2.29. The van der Waals surface area contributed by atoms with Crippen LogP contribution in [-0.4, -0.2) is 32.7 Å². The first-order valence-electron chi connectivity index (χ1n) is 13.5. The van der Waals surface area contributed by atoms with Gasteiger partial charge in [0.25, 0.3) is 0 Å². The summed E-state index contributed by atoms with van der Waals surface area (Å²) in [4.78, 5) is 34.5. The topological polar surface area (TPSA) is 112 Å². The molecule has 3 N–H and O–H groups in total. The van der Waals surface area contributed by atoms with Crippen LogP contribution in [0.1, 0.15) is 125 Å². The van der Waals surface area contributed by atoms with Crippen LogP contribution in [0, 0.1) is 69.8 Å². The number of carbonyl (C=O) groups excluding carboxylic acids is 3. The number of hydrogen-bond donors (Lipinski definition) is 3. The van der Waals surface area contributed by atoms with Gasteiger partial charge in [0.2, 0.25) is 0 Å². The summed E-state index contributed by atoms with van der Waals surface area (Å²) < 4.78 is 0. The van der Waals surface area contributed by atoms with Crippen LogP contribution >= 0.6 is 0 Å². The Kier molecular flexibility index (Phi) is 18.9. The smallest absolute Gasteiger partial charge is 0.164 e. The number of aliphatic hydroxyl groups excluding tert-OH is 3. The molecule has 0 atom stereocenters. The van der Waals surface area contributed by atoms with Crippen molar-refractivity contribution >= 4 is 17.3 Å². The molecule has 0 saturated heterocycles. The van der Waals surface area contributed by atoms with Crippen LogP contribution in [0.25, 0.3) is 0 Å². The molecule has 0 heterocycles. The minimum absolute atomic E-state index is 0. The maximum Gasteiger partial charge on any atom is 0.164 e. The number of carbonyl (C=O) groups is 3. The monoisotopic (exact) mass is 718 g/mol. The average molecular weight is 720 g/mol. The van der Waals surface area contributed by atoms with Crippen molar-refractivity contribution < 1.29 is 67.0 Å². The molecule has 0 saturated carbocycles. The molecule has 240 valence electrons. The molecule has 0 aromatic carbocycles. The maximum absolute atomic E-state index is 11.5. The van der Waals surface area contributed by atoms with E-state index in [-0.39, 0.29) is 88.2 Å². The second kappa shape index (κ2) is 16.5. The Morgan fingerprint density at radius 1 is 0.350 bits per heavy atom. The van der Waals surface area contributed by atoms with Crippen molar-refractivity contribution in [2.45, 2.75) is 125 Å². The van der Waals surface area contributed by atoms with Gasteiger partial charge in [-0.25, -0.2) is 0 Å². The van der Waals surface area contributed by atoms with Crippen LogP contribution in [0.3, 0.4) is 0 Å². The normalized spacial score (nSPS) is 14.1. The first kappa shape index (κ1) is 45.9. The fraction of sp³-hybridized carbons (Fsp3) is 0.727. The van der Waals surface area contributed by atoms with Crippen molar-refractivity contribution in [3.8, 4) is 0 Å². The molecule has 6 nitrogen and oxygen atoms in total. The van der Waals surface area contributed by atoms with E-state index in [2.05, 4.69) is 0 Å². The third-order valence-electron chi connectivity index (χ3n) is 5.33. The van der Waals surface area contributed by atoms with Gasteiger partial charge in [0.1, 0.15) is 17.3 Å². The predicted molar refractivity (Wildman–Crippen MR) is 164 cm³/mol. The second-order valence-corrected chi connectivity index (χ2v) is 16.2. The van der Waals surface area contributed by atoms with Gasteiger partial charge in [0.05, 0.1) is 0 Å². The Hall–Kier alpha value is -1.12. The van der Waals surface area contributed by atoms with Crippen molar-refractivity contribution in [1.29, 1.82) is 0 Å². The quantitative estimate of drug-likeness (QED) is 0.198. The summed E-state index contributed by atoms with van der Waals surface area (Å²) in [6.45, 7) is 33.3. The van der Waals surface area contributed by atoms with Crippen LogP contribution in [0.5, 0.6) is 0 Å². The molecule has 0 fully saturated rings. The number of aliphatic hydroxyl groups is 3. The molecule has 40 heavy (non-hydrogen) atoms. The fourth-order valence-corrected chi connectivity index (χ4v) is 1.67. The summed E-state index contributed by atoms with van der Waals surface area (Å²) in [6, 6.07) is 0. The molecule has 0 aromatic rings. The van der Waals surface area contributed by atoms with Crippen LogP contribution in [-0.2, 0) is 14.4 Å². The zero-order chi connectivity index (χ0) is 32.6. The molecular weight excluding hydrogens is 660 g/mol. The SMILES string of the molecule is CC(C)(C)C(=O)/C=C(/O)C(C)(C)C.CC(C)(C)C(=O)/C=C(/O)C(C)(C)C.CC(C)(C)C(=O)/C=C(/O)C(C)(C)C.[Er]. The molecule has 0 bridgehead atoms. The zero-order valence-corrected chi connectivity index (χ0v) is 30.4. The second-order valence-electron chi connectivity index (χ2n) is 16.2. The van der Waals surface area contributed by atoms with Crippen LogP contribution in [0.4, 0.5) is 0 Å². The van der Waals surface area contributed by atoms with Gasteiger partial charge >= 0.3 is 0 Å². The van der Waals surface area contributed by atoms with Crippen LogP contribution < -0.4 is 0 Å². The van der Waals surface area contributed by atoms with E-state index in [0.29, 0.717) is 0 Å². The van der Waals surface area contributed by atoms with Crippen molar-refractivity contribution in [1.82, 2.24) is 0 Å². The Morgan fingerprint density at radius 3 is 0.550 bits per heavy atom. The Morgan fingerprint density at radius 2 is 0.475 bits per heavy atom. The van der Waals surface area contributed by atoms with Crippen molar-refractivity contribution in [3.63, 3.8) is 0 Å². The summed E-state index contributed by atoms with van der Waals surface area (Å²) >= 11 is 0. The Labute approximate surface area is 275 Å². The molecule has 0 spiro atoms. The summed E-state index contributed by atoms with van der Waals surface area (Å²) in [5, 5.41) is 28.7. The minimum Gasteiger partial charge on any atom is -0.512 e. The molecule has 0 radical (unpaired) electrons. The molecular formula is C33H60ErO6. The molecule has 7 heteroatoms. The molecule has 0 aromatic heterocycles. The zero-order valence-electron chi connectivity index (χ0n) is 28.6. The van der Waals surface area contributed by atoms with Gasteiger partial charge in [-0.1, -0.05) is 125 Å². The van der Waals surface area contributed by atoms with Crippen LogP contribution in [0.2, 0.25) is 0 Å². The van der Waals surface area contributed by atoms with Crippen molar-refractivity contribution in [2.24, 2.45) is 32.5 Å². The van der Waals surface area contributed by atoms with E-state index in [9.17, 15) is 29.7 Å². The molecule has 0 aliphatic carbocycles. The summed E-state index contributed by atoms with van der Waals surface area (Å²) in [5.74, 6) is 0.312. The summed E-state index contributed by atoms with van der Waals surface area (Å²) in [6.07, 6.45) is 4.00. The third kappa shape index (κ3) is 21.6. The van der Waals surface area contributed by atoms with Gasteiger partial charge in [-0.2, -0.15) is 0 Å². The van der Waals surface area contributed by atoms with Gasteiger partial charge in [0, 0.05) is 88.0 Å². The molecule has 0 amide bonds. The van der Waals surface area contributed by atoms with E-state index in [1.54, 1.807) is 0 Å². The third-order valence-corrected chi connectivity index (χ3v) is 5.33. The van der Waals surface area contributed by atoms with E-state index in [1.807, 2.05) is 125 Å². The first-order chi connectivity index (χ1) is 16.6. The van der Waals surface area contributed by atoms with E-state index in [1.165, 1.54) is 18.2 Å². The number of rotatable bonds is 3. The first-order valence-corrected chi connectivity index (χ1v) is 13.5. The van der Waals surface area contributed by atoms with E-state index in [4.69, 9.17) is 0 Å². The van der Waals surface area contributed by atoms with Gasteiger partial charge in [-0.15, -0.1) is 0 Å². The standard InChI is InChI=1S/3C11H20O2.Er/c3*1-10(2,3)8(12)7-9(13)11(4,5)6;/h3*7,12H,1-6H3;/b3*8-7+;. The Balaban J connectivity index is -0.000000240. The van der Waals surface area contributed by atoms with E-state index >= 15 is 0 Å². The van der Waals surface area contributed by atoms with Crippen LogP contribution in [0.15, 0.2) is 35.5 Å². The summed E-state index contributed by atoms with van der Waals surface area (Å²) in [7, 11) is 0. The van der Waals surface area contributed by atoms with Gasteiger partial charge in [-0.05, 0) is 0 Å². The van der Waals surface area contributed by atoms with Gasteiger partial charge < -0.3 is 15.3 Å². The predicted octanol–water partition coefficient (Wildman–Crippen LogP) is 9.27. The minimum atomic E-state index is -0.417. The maximum atomic E-state index is 11.5. The molecule has 0 aliphatic heterocycles. The Bertz CT molecular complexity index is 801. The van der Waals surface area contributed by atoms with E-state index < -0.39 is 16.2 Å². The average Bonchev–Trinajstić information content (AvgIpc) is 2.64. The number of hydrogen-bond acceptors (Lipinski definition) is 6.